The van der Waals surface area contributed by atoms with E-state index in [4.69, 9.17) is 9.47 Å². The molecule has 1 fully saturated rings. The minimum atomic E-state index is -0.354. The summed E-state index contributed by atoms with van der Waals surface area (Å²) in [4.78, 5) is 26.3. The third-order valence-corrected chi connectivity index (χ3v) is 5.77. The highest BCUT2D eigenvalue weighted by atomic mass is 16.5. The van der Waals surface area contributed by atoms with E-state index in [-0.39, 0.29) is 25.0 Å². The number of nitrogens with one attached hydrogen (secondary N) is 1. The number of likely N-dealkylation sites (tertiary alicyclic amines) is 1. The van der Waals surface area contributed by atoms with Crippen molar-refractivity contribution in [3.63, 3.8) is 0 Å². The zero-order valence-electron chi connectivity index (χ0n) is 19.8. The SMILES string of the molecule is C/C(=N\NC(=O)COc1ccccc1-c1ccccc1)c1ccc(OCC(=O)N2CCCC2)cc1. The monoisotopic (exact) mass is 471 g/mol. The average molecular weight is 472 g/mol. The molecule has 35 heavy (non-hydrogen) atoms. The summed E-state index contributed by atoms with van der Waals surface area (Å²) in [5, 5.41) is 4.18. The molecule has 0 radical (unpaired) electrons. The second-order valence-corrected chi connectivity index (χ2v) is 8.28. The van der Waals surface area contributed by atoms with Crippen LogP contribution in [0.2, 0.25) is 0 Å². The average Bonchev–Trinajstić information content (AvgIpc) is 3.45. The first-order chi connectivity index (χ1) is 17.1. The molecule has 0 saturated carbocycles. The summed E-state index contributed by atoms with van der Waals surface area (Å²) in [6, 6.07) is 24.7. The van der Waals surface area contributed by atoms with Gasteiger partial charge in [0.1, 0.15) is 11.5 Å². The van der Waals surface area contributed by atoms with Crippen molar-refractivity contribution in [2.45, 2.75) is 19.8 Å². The second-order valence-electron chi connectivity index (χ2n) is 8.28. The van der Waals surface area contributed by atoms with E-state index in [2.05, 4.69) is 10.5 Å². The molecule has 0 aliphatic carbocycles. The lowest BCUT2D eigenvalue weighted by Gasteiger charge is -2.15. The highest BCUT2D eigenvalue weighted by Crippen LogP contribution is 2.29. The maximum absolute atomic E-state index is 12.3. The predicted octanol–water partition coefficient (Wildman–Crippen LogP) is 4.27. The molecular weight excluding hydrogens is 442 g/mol. The van der Waals surface area contributed by atoms with Gasteiger partial charge in [-0.2, -0.15) is 5.10 Å². The summed E-state index contributed by atoms with van der Waals surface area (Å²) < 4.78 is 11.4. The lowest BCUT2D eigenvalue weighted by molar-refractivity contribution is -0.132. The molecule has 0 atom stereocenters. The third-order valence-electron chi connectivity index (χ3n) is 5.77. The van der Waals surface area contributed by atoms with Gasteiger partial charge in [0.15, 0.2) is 13.2 Å². The van der Waals surface area contributed by atoms with Gasteiger partial charge in [-0.3, -0.25) is 9.59 Å². The maximum Gasteiger partial charge on any atom is 0.277 e. The van der Waals surface area contributed by atoms with Crippen molar-refractivity contribution in [3.05, 3.63) is 84.4 Å². The Kier molecular flexibility index (Phi) is 8.12. The summed E-state index contributed by atoms with van der Waals surface area (Å²) in [6.07, 6.45) is 2.12. The highest BCUT2D eigenvalue weighted by molar-refractivity contribution is 5.99. The number of rotatable bonds is 9. The Labute approximate surface area is 205 Å². The van der Waals surface area contributed by atoms with E-state index in [0.717, 1.165) is 42.6 Å². The van der Waals surface area contributed by atoms with Gasteiger partial charge in [0.2, 0.25) is 0 Å². The predicted molar refractivity (Wildman–Crippen MR) is 135 cm³/mol. The molecule has 1 saturated heterocycles. The Morgan fingerprint density at radius 1 is 0.857 bits per heavy atom. The van der Waals surface area contributed by atoms with Gasteiger partial charge in [-0.15, -0.1) is 0 Å². The summed E-state index contributed by atoms with van der Waals surface area (Å²) >= 11 is 0. The first-order valence-electron chi connectivity index (χ1n) is 11.7. The first-order valence-corrected chi connectivity index (χ1v) is 11.7. The Morgan fingerprint density at radius 2 is 1.54 bits per heavy atom. The van der Waals surface area contributed by atoms with E-state index in [9.17, 15) is 9.59 Å². The lowest BCUT2D eigenvalue weighted by Crippen LogP contribution is -2.32. The molecule has 0 aromatic heterocycles. The number of carbonyl (C=O) groups excluding carboxylic acids is 2. The fourth-order valence-electron chi connectivity index (χ4n) is 3.83. The molecule has 2 amide bonds. The minimum Gasteiger partial charge on any atom is -0.484 e. The van der Waals surface area contributed by atoms with Crippen LogP contribution in [-0.4, -0.2) is 48.7 Å². The van der Waals surface area contributed by atoms with Crippen LogP contribution in [-0.2, 0) is 9.59 Å². The van der Waals surface area contributed by atoms with Crippen LogP contribution >= 0.6 is 0 Å². The second kappa shape index (κ2) is 11.8. The largest absolute Gasteiger partial charge is 0.484 e. The van der Waals surface area contributed by atoms with Crippen molar-refractivity contribution in [1.29, 1.82) is 0 Å². The van der Waals surface area contributed by atoms with Gasteiger partial charge >= 0.3 is 0 Å². The smallest absolute Gasteiger partial charge is 0.277 e. The van der Waals surface area contributed by atoms with Crippen LogP contribution in [0.5, 0.6) is 11.5 Å². The molecule has 1 aliphatic heterocycles. The van der Waals surface area contributed by atoms with Gasteiger partial charge in [-0.1, -0.05) is 48.5 Å². The maximum atomic E-state index is 12.3. The molecule has 0 unspecified atom stereocenters. The molecule has 1 heterocycles. The van der Waals surface area contributed by atoms with Crippen LogP contribution in [0.4, 0.5) is 0 Å². The van der Waals surface area contributed by atoms with Gasteiger partial charge in [0.05, 0.1) is 5.71 Å². The van der Waals surface area contributed by atoms with Crippen LogP contribution in [0.1, 0.15) is 25.3 Å². The van der Waals surface area contributed by atoms with E-state index in [0.29, 0.717) is 17.2 Å². The molecule has 3 aromatic rings. The summed E-state index contributed by atoms with van der Waals surface area (Å²) in [7, 11) is 0. The number of benzene rings is 3. The number of nitrogens with zero attached hydrogens (tertiary/aromatic N) is 2. The molecule has 4 rings (SSSR count). The number of amides is 2. The van der Waals surface area contributed by atoms with Gasteiger partial charge in [-0.25, -0.2) is 5.43 Å². The summed E-state index contributed by atoms with van der Waals surface area (Å²) in [5.41, 5.74) is 5.95. The number of hydrogen-bond donors (Lipinski definition) is 1. The van der Waals surface area contributed by atoms with E-state index in [1.54, 1.807) is 19.1 Å². The van der Waals surface area contributed by atoms with Crippen LogP contribution < -0.4 is 14.9 Å². The molecule has 7 heteroatoms. The number of hydrogen-bond acceptors (Lipinski definition) is 5. The number of para-hydroxylation sites is 1. The van der Waals surface area contributed by atoms with Crippen LogP contribution in [0.3, 0.4) is 0 Å². The normalized spacial score (nSPS) is 13.4. The van der Waals surface area contributed by atoms with Gasteiger partial charge in [-0.05, 0) is 61.2 Å². The minimum absolute atomic E-state index is 0.0145. The number of hydrazone groups is 1. The third kappa shape index (κ3) is 6.69. The van der Waals surface area contributed by atoms with E-state index >= 15 is 0 Å². The molecule has 0 bridgehead atoms. The number of ether oxygens (including phenoxy) is 2. The highest BCUT2D eigenvalue weighted by Gasteiger charge is 2.18. The quantitative estimate of drug-likeness (QED) is 0.373. The molecule has 1 aliphatic rings. The lowest BCUT2D eigenvalue weighted by atomic mass is 10.1. The van der Waals surface area contributed by atoms with Crippen molar-refractivity contribution in [2.24, 2.45) is 5.10 Å². The van der Waals surface area contributed by atoms with Gasteiger partial charge in [0, 0.05) is 18.7 Å². The topological polar surface area (TPSA) is 80.2 Å². The molecule has 3 aromatic carbocycles. The van der Waals surface area contributed by atoms with Crippen LogP contribution in [0, 0.1) is 0 Å². The Hall–Kier alpha value is -4.13. The van der Waals surface area contributed by atoms with Crippen molar-refractivity contribution in [2.75, 3.05) is 26.3 Å². The van der Waals surface area contributed by atoms with E-state index < -0.39 is 0 Å². The number of carbonyl (C=O) groups is 2. The zero-order chi connectivity index (χ0) is 24.5. The molecule has 1 N–H and O–H groups in total. The Morgan fingerprint density at radius 3 is 2.29 bits per heavy atom. The van der Waals surface area contributed by atoms with Crippen LogP contribution in [0.25, 0.3) is 11.1 Å². The van der Waals surface area contributed by atoms with Crippen LogP contribution in [0.15, 0.2) is 84.0 Å². The first kappa shape index (κ1) is 24.0. The zero-order valence-corrected chi connectivity index (χ0v) is 19.8. The van der Waals surface area contributed by atoms with Crippen molar-refractivity contribution in [1.82, 2.24) is 10.3 Å². The van der Waals surface area contributed by atoms with Crippen molar-refractivity contribution >= 4 is 17.5 Å². The molecule has 7 nitrogen and oxygen atoms in total. The van der Waals surface area contributed by atoms with Crippen molar-refractivity contribution < 1.29 is 19.1 Å². The standard InChI is InChI=1S/C28H29N3O4/c1-21(22-13-15-24(16-14-22)34-20-28(33)31-17-7-8-18-31)29-30-27(32)19-35-26-12-6-5-11-25(26)23-9-3-2-4-10-23/h2-6,9-16H,7-8,17-20H2,1H3,(H,30,32)/b29-21+. The molecular formula is C28H29N3O4. The van der Waals surface area contributed by atoms with E-state index in [1.165, 1.54) is 0 Å². The van der Waals surface area contributed by atoms with E-state index in [1.807, 2.05) is 71.6 Å². The summed E-state index contributed by atoms with van der Waals surface area (Å²) in [5.74, 6) is 0.908. The Bertz CT molecular complexity index is 1170. The van der Waals surface area contributed by atoms with Gasteiger partial charge in [0.25, 0.3) is 11.8 Å². The Balaban J connectivity index is 1.27. The fourth-order valence-corrected chi connectivity index (χ4v) is 3.83. The van der Waals surface area contributed by atoms with Crippen molar-refractivity contribution in [3.8, 4) is 22.6 Å². The summed E-state index contributed by atoms with van der Waals surface area (Å²) in [6.45, 7) is 3.31. The molecule has 0 spiro atoms. The van der Waals surface area contributed by atoms with Gasteiger partial charge < -0.3 is 14.4 Å². The molecule has 180 valence electrons. The fraction of sp³-hybridized carbons (Fsp3) is 0.250.